The number of rotatable bonds is 7. The van der Waals surface area contributed by atoms with Gasteiger partial charge in [-0.05, 0) is 103 Å². The fourth-order valence-electron chi connectivity index (χ4n) is 8.55. The molecule has 0 unspecified atom stereocenters. The summed E-state index contributed by atoms with van der Waals surface area (Å²) in [5.41, 5.74) is 2.11. The standard InChI is InChI=1S/C41H48FN3O6Si/c1-22-27-20-25(42)16-17-26(27)33(44(5)6)28-18-24-19-29-34(45(7)8)36-32(39(43-50-36)49-21-23-14-12-11-13-15-23)38(48)41(29,51-52(9,10)40(2,3)4)37(47)31(24)35(46)30(22)28/h11-17,20,24,29,34,46H,18-19,21H2,1-10H3/t24-,29-,34-,41-/m0/s1. The molecule has 4 atom stereocenters. The van der Waals surface area contributed by atoms with Crippen molar-refractivity contribution in [3.63, 3.8) is 0 Å². The molecule has 3 aliphatic carbocycles. The number of aliphatic hydroxyl groups excluding tert-OH is 1. The second-order valence-corrected chi connectivity index (χ2v) is 21.3. The van der Waals surface area contributed by atoms with Crippen molar-refractivity contribution >= 4 is 42.1 Å². The second-order valence-electron chi connectivity index (χ2n) is 16.6. The number of carbonyl (C=O) groups excluding carboxylic acids is 2. The van der Waals surface area contributed by atoms with Gasteiger partial charge in [0.15, 0.2) is 19.7 Å². The van der Waals surface area contributed by atoms with E-state index in [-0.39, 0.29) is 34.4 Å². The van der Waals surface area contributed by atoms with Gasteiger partial charge in [-0.25, -0.2) is 4.39 Å². The van der Waals surface area contributed by atoms with Crippen LogP contribution < -0.4 is 9.64 Å². The van der Waals surface area contributed by atoms with Gasteiger partial charge in [0.05, 0.1) is 6.04 Å². The molecule has 1 saturated carbocycles. The van der Waals surface area contributed by atoms with Gasteiger partial charge in [0.1, 0.15) is 23.7 Å². The topological polar surface area (TPSA) is 105 Å². The van der Waals surface area contributed by atoms with E-state index in [1.807, 2.05) is 88.3 Å². The number of aromatic nitrogens is 1. The molecule has 274 valence electrons. The maximum atomic E-state index is 15.7. The molecule has 4 aromatic rings. The highest BCUT2D eigenvalue weighted by atomic mass is 28.4. The summed E-state index contributed by atoms with van der Waals surface area (Å²) >= 11 is 0. The zero-order valence-electron chi connectivity index (χ0n) is 31.7. The molecule has 52 heavy (non-hydrogen) atoms. The van der Waals surface area contributed by atoms with E-state index in [4.69, 9.17) is 13.7 Å². The number of anilines is 1. The molecule has 0 bridgehead atoms. The Kier molecular flexibility index (Phi) is 8.59. The number of nitrogens with zero attached hydrogens (tertiary/aromatic N) is 3. The van der Waals surface area contributed by atoms with Crippen LogP contribution in [0.3, 0.4) is 0 Å². The highest BCUT2D eigenvalue weighted by Crippen LogP contribution is 2.59. The van der Waals surface area contributed by atoms with Crippen LogP contribution >= 0.6 is 0 Å². The van der Waals surface area contributed by atoms with Crippen LogP contribution in [0.15, 0.2) is 58.6 Å². The Morgan fingerprint density at radius 2 is 1.71 bits per heavy atom. The molecule has 3 aliphatic rings. The van der Waals surface area contributed by atoms with Gasteiger partial charge in [0.25, 0.3) is 5.88 Å². The Morgan fingerprint density at radius 1 is 1.02 bits per heavy atom. The third-order valence-electron chi connectivity index (χ3n) is 11.9. The van der Waals surface area contributed by atoms with Crippen molar-refractivity contribution in [2.45, 2.75) is 76.9 Å². The highest BCUT2D eigenvalue weighted by molar-refractivity contribution is 6.74. The summed E-state index contributed by atoms with van der Waals surface area (Å²) in [7, 11) is 4.78. The number of aryl methyl sites for hydroxylation is 1. The third kappa shape index (κ3) is 5.26. The van der Waals surface area contributed by atoms with Gasteiger partial charge in [-0.15, -0.1) is 0 Å². The van der Waals surface area contributed by atoms with E-state index >= 15 is 9.59 Å². The van der Waals surface area contributed by atoms with Crippen molar-refractivity contribution in [1.29, 1.82) is 0 Å². The fraction of sp³-hybridized carbons (Fsp3) is 0.439. The van der Waals surface area contributed by atoms with Crippen LogP contribution in [-0.2, 0) is 22.2 Å². The minimum Gasteiger partial charge on any atom is -0.507 e. The van der Waals surface area contributed by atoms with E-state index in [0.29, 0.717) is 35.1 Å². The minimum absolute atomic E-state index is 0.00874. The zero-order valence-corrected chi connectivity index (χ0v) is 32.7. The number of hydrogen-bond acceptors (Lipinski definition) is 9. The van der Waals surface area contributed by atoms with Crippen LogP contribution in [0.1, 0.15) is 71.6 Å². The van der Waals surface area contributed by atoms with E-state index in [0.717, 1.165) is 22.2 Å². The SMILES string of the molecule is Cc1c2c(c(N(C)C)c3ccc(F)cc13)C[C@H]1C[C@H]3[C@H](N(C)C)c4onc(OCc5ccccc5)c4C(=O)[C@@]3(O[Si](C)(C)C(C)(C)C)C(=O)C1=C2O. The van der Waals surface area contributed by atoms with Crippen molar-refractivity contribution in [3.8, 4) is 5.88 Å². The second kappa shape index (κ2) is 12.4. The van der Waals surface area contributed by atoms with E-state index in [2.05, 4.69) is 25.9 Å². The molecule has 7 rings (SSSR count). The quantitative estimate of drug-likeness (QED) is 0.149. The van der Waals surface area contributed by atoms with E-state index in [9.17, 15) is 9.50 Å². The molecule has 1 N–H and O–H groups in total. The number of Topliss-reactive ketones (excluding diaryl/α,β-unsaturated/α-hetero) is 2. The van der Waals surface area contributed by atoms with E-state index in [1.54, 1.807) is 6.07 Å². The smallest absolute Gasteiger partial charge is 0.265 e. The highest BCUT2D eigenvalue weighted by Gasteiger charge is 2.69. The van der Waals surface area contributed by atoms with Crippen LogP contribution in [0.5, 0.6) is 5.88 Å². The summed E-state index contributed by atoms with van der Waals surface area (Å²) < 4.78 is 34.1. The van der Waals surface area contributed by atoms with Gasteiger partial charge in [-0.3, -0.25) is 14.5 Å². The number of halogens is 1. The first kappa shape index (κ1) is 36.1. The van der Waals surface area contributed by atoms with E-state index < -0.39 is 49.2 Å². The van der Waals surface area contributed by atoms with Crippen LogP contribution in [-0.4, -0.2) is 68.8 Å². The molecule has 0 spiro atoms. The van der Waals surface area contributed by atoms with Crippen LogP contribution in [0.4, 0.5) is 10.1 Å². The Bertz CT molecular complexity index is 2150. The van der Waals surface area contributed by atoms with Crippen molar-refractivity contribution in [3.05, 3.63) is 93.5 Å². The Balaban J connectivity index is 1.48. The molecule has 1 aromatic heterocycles. The average Bonchev–Trinajstić information content (AvgIpc) is 3.48. The van der Waals surface area contributed by atoms with Crippen molar-refractivity contribution < 1.29 is 32.8 Å². The van der Waals surface area contributed by atoms with Gasteiger partial charge >= 0.3 is 0 Å². The number of ether oxygens (including phenoxy) is 1. The predicted octanol–water partition coefficient (Wildman–Crippen LogP) is 8.21. The van der Waals surface area contributed by atoms with Crippen molar-refractivity contribution in [2.24, 2.45) is 11.8 Å². The predicted molar refractivity (Wildman–Crippen MR) is 202 cm³/mol. The van der Waals surface area contributed by atoms with Gasteiger partial charge < -0.3 is 23.7 Å². The number of fused-ring (bicyclic) bond motifs is 5. The minimum atomic E-state index is -2.88. The van der Waals surface area contributed by atoms with Crippen LogP contribution in [0, 0.1) is 24.6 Å². The number of benzene rings is 3. The third-order valence-corrected chi connectivity index (χ3v) is 16.4. The molecule has 0 amide bonds. The van der Waals surface area contributed by atoms with Crippen molar-refractivity contribution in [1.82, 2.24) is 10.1 Å². The van der Waals surface area contributed by atoms with Crippen LogP contribution in [0.25, 0.3) is 16.5 Å². The first-order valence-corrected chi connectivity index (χ1v) is 20.8. The summed E-state index contributed by atoms with van der Waals surface area (Å²) in [4.78, 5) is 35.0. The first-order chi connectivity index (χ1) is 24.4. The summed E-state index contributed by atoms with van der Waals surface area (Å²) in [5, 5.41) is 17.8. The maximum absolute atomic E-state index is 15.7. The fourth-order valence-corrected chi connectivity index (χ4v) is 10.00. The number of ketones is 2. The number of aliphatic hydroxyl groups is 1. The molecular formula is C41H48FN3O6Si. The molecule has 9 nitrogen and oxygen atoms in total. The lowest BCUT2D eigenvalue weighted by Gasteiger charge is -2.55. The zero-order chi connectivity index (χ0) is 37.7. The Labute approximate surface area is 305 Å². The Hall–Kier alpha value is -4.32. The monoisotopic (exact) mass is 725 g/mol. The lowest BCUT2D eigenvalue weighted by molar-refractivity contribution is -0.140. The molecule has 3 aromatic carbocycles. The van der Waals surface area contributed by atoms with Crippen LogP contribution in [0.2, 0.25) is 18.1 Å². The van der Waals surface area contributed by atoms with Gasteiger partial charge in [0.2, 0.25) is 11.6 Å². The van der Waals surface area contributed by atoms with Crippen molar-refractivity contribution in [2.75, 3.05) is 33.1 Å². The lowest BCUT2D eigenvalue weighted by Crippen LogP contribution is -2.68. The number of carbonyl (C=O) groups is 2. The number of hydrogen-bond donors (Lipinski definition) is 1. The van der Waals surface area contributed by atoms with E-state index in [1.165, 1.54) is 12.1 Å². The van der Waals surface area contributed by atoms with Gasteiger partial charge in [-0.1, -0.05) is 51.1 Å². The van der Waals surface area contributed by atoms with Gasteiger partial charge in [-0.2, -0.15) is 0 Å². The maximum Gasteiger partial charge on any atom is 0.265 e. The molecule has 0 saturated heterocycles. The normalized spacial score (nSPS) is 23.0. The largest absolute Gasteiger partial charge is 0.507 e. The molecule has 11 heteroatoms. The summed E-state index contributed by atoms with van der Waals surface area (Å²) in [5.74, 6) is -2.40. The molecule has 1 fully saturated rings. The molecule has 1 heterocycles. The first-order valence-electron chi connectivity index (χ1n) is 17.9. The molecule has 0 aliphatic heterocycles. The molecule has 0 radical (unpaired) electrons. The summed E-state index contributed by atoms with van der Waals surface area (Å²) in [6.45, 7) is 12.3. The molecular weight excluding hydrogens is 678 g/mol. The summed E-state index contributed by atoms with van der Waals surface area (Å²) in [6.07, 6.45) is 0.805. The Morgan fingerprint density at radius 3 is 2.35 bits per heavy atom. The average molecular weight is 726 g/mol. The summed E-state index contributed by atoms with van der Waals surface area (Å²) in [6, 6.07) is 13.7. The van der Waals surface area contributed by atoms with Gasteiger partial charge in [0, 0.05) is 42.2 Å². The lowest BCUT2D eigenvalue weighted by atomic mass is 9.57.